The normalized spacial score (nSPS) is 12.0. The number of hydrogen-bond acceptors (Lipinski definition) is 3. The Balaban J connectivity index is 1.87. The number of nitrogens with zero attached hydrogens (tertiary/aromatic N) is 1. The van der Waals surface area contributed by atoms with Gasteiger partial charge in [0.2, 0.25) is 0 Å². The number of carbonyl (C=O) groups is 1. The number of fused-ring (bicyclic) bond motifs is 1. The lowest BCUT2D eigenvalue weighted by Crippen LogP contribution is -2.27. The zero-order chi connectivity index (χ0) is 17.1. The predicted octanol–water partition coefficient (Wildman–Crippen LogP) is 3.87. The molecule has 24 heavy (non-hydrogen) atoms. The number of carbonyl (C=O) groups excluding carboxylic acids is 1. The molecule has 0 fully saturated rings. The number of pyridine rings is 1. The lowest BCUT2D eigenvalue weighted by molar-refractivity contribution is 0.0935. The van der Waals surface area contributed by atoms with Gasteiger partial charge in [-0.3, -0.25) is 4.79 Å². The minimum atomic E-state index is -0.309. The van der Waals surface area contributed by atoms with Crippen LogP contribution in [0.1, 0.15) is 29.0 Å². The molecule has 0 aliphatic rings. The van der Waals surface area contributed by atoms with Crippen LogP contribution >= 0.6 is 0 Å². The fraction of sp³-hybridized carbons (Fsp3) is 0.158. The average molecular weight is 324 g/mol. The lowest BCUT2D eigenvalue weighted by atomic mass is 10.1. The number of amides is 1. The van der Waals surface area contributed by atoms with Crippen LogP contribution in [0.25, 0.3) is 10.9 Å². The number of halogens is 1. The number of hydrogen-bond donors (Lipinski definition) is 1. The van der Waals surface area contributed by atoms with Crippen molar-refractivity contribution in [2.75, 3.05) is 7.11 Å². The van der Waals surface area contributed by atoms with Gasteiger partial charge in [0.1, 0.15) is 17.3 Å². The van der Waals surface area contributed by atoms with Crippen LogP contribution in [0, 0.1) is 5.82 Å². The van der Waals surface area contributed by atoms with Crippen LogP contribution in [0.3, 0.4) is 0 Å². The molecule has 0 saturated carbocycles. The maximum absolute atomic E-state index is 13.0. The molecule has 122 valence electrons. The molecule has 0 radical (unpaired) electrons. The van der Waals surface area contributed by atoms with Gasteiger partial charge in [-0.05, 0) is 36.8 Å². The third kappa shape index (κ3) is 3.20. The summed E-state index contributed by atoms with van der Waals surface area (Å²) in [6.07, 6.45) is 0. The van der Waals surface area contributed by atoms with Crippen molar-refractivity contribution in [3.63, 3.8) is 0 Å². The number of benzene rings is 2. The molecular weight excluding hydrogens is 307 g/mol. The highest BCUT2D eigenvalue weighted by Crippen LogP contribution is 2.25. The maximum Gasteiger partial charge on any atom is 0.270 e. The molecule has 4 nitrogen and oxygen atoms in total. The van der Waals surface area contributed by atoms with Crippen molar-refractivity contribution >= 4 is 16.8 Å². The Morgan fingerprint density at radius 1 is 1.17 bits per heavy atom. The van der Waals surface area contributed by atoms with Gasteiger partial charge >= 0.3 is 0 Å². The van der Waals surface area contributed by atoms with E-state index in [0.717, 1.165) is 10.9 Å². The molecule has 0 bridgehead atoms. The van der Waals surface area contributed by atoms with Gasteiger partial charge in [-0.15, -0.1) is 0 Å². The van der Waals surface area contributed by atoms with E-state index in [1.807, 2.05) is 31.2 Å². The zero-order valence-electron chi connectivity index (χ0n) is 13.4. The summed E-state index contributed by atoms with van der Waals surface area (Å²) in [4.78, 5) is 16.9. The third-order valence-corrected chi connectivity index (χ3v) is 3.85. The lowest BCUT2D eigenvalue weighted by Gasteiger charge is -2.15. The molecule has 3 aromatic rings. The van der Waals surface area contributed by atoms with Crippen LogP contribution in [-0.4, -0.2) is 18.0 Å². The van der Waals surface area contributed by atoms with Crippen LogP contribution in [0.4, 0.5) is 4.39 Å². The van der Waals surface area contributed by atoms with Crippen molar-refractivity contribution in [1.82, 2.24) is 10.3 Å². The van der Waals surface area contributed by atoms with E-state index in [4.69, 9.17) is 4.74 Å². The molecule has 1 atom stereocenters. The van der Waals surface area contributed by atoms with Gasteiger partial charge in [-0.1, -0.05) is 24.3 Å². The Morgan fingerprint density at radius 3 is 2.58 bits per heavy atom. The van der Waals surface area contributed by atoms with E-state index in [1.54, 1.807) is 25.3 Å². The Morgan fingerprint density at radius 2 is 1.88 bits per heavy atom. The van der Waals surface area contributed by atoms with Gasteiger partial charge in [-0.2, -0.15) is 0 Å². The van der Waals surface area contributed by atoms with Gasteiger partial charge < -0.3 is 10.1 Å². The quantitative estimate of drug-likeness (QED) is 0.792. The van der Waals surface area contributed by atoms with Crippen LogP contribution in [0.5, 0.6) is 5.75 Å². The van der Waals surface area contributed by atoms with Gasteiger partial charge in [0, 0.05) is 11.5 Å². The number of para-hydroxylation sites is 1. The molecular formula is C19H17FN2O2. The van der Waals surface area contributed by atoms with E-state index < -0.39 is 0 Å². The van der Waals surface area contributed by atoms with E-state index in [1.165, 1.54) is 12.1 Å². The smallest absolute Gasteiger partial charge is 0.270 e. The molecule has 0 spiro atoms. The second-order valence-corrected chi connectivity index (χ2v) is 5.47. The third-order valence-electron chi connectivity index (χ3n) is 3.85. The first-order valence-electron chi connectivity index (χ1n) is 7.58. The molecule has 1 amide bonds. The minimum absolute atomic E-state index is 0.266. The Kier molecular flexibility index (Phi) is 4.42. The highest BCUT2D eigenvalue weighted by molar-refractivity contribution is 5.97. The largest absolute Gasteiger partial charge is 0.496 e. The fourth-order valence-electron chi connectivity index (χ4n) is 2.53. The number of aromatic nitrogens is 1. The zero-order valence-corrected chi connectivity index (χ0v) is 13.4. The van der Waals surface area contributed by atoms with Crippen molar-refractivity contribution in [3.8, 4) is 5.75 Å². The van der Waals surface area contributed by atoms with Gasteiger partial charge in [0.25, 0.3) is 5.91 Å². The molecule has 2 aromatic carbocycles. The first kappa shape index (κ1) is 15.9. The van der Waals surface area contributed by atoms with Crippen molar-refractivity contribution in [1.29, 1.82) is 0 Å². The molecule has 1 aromatic heterocycles. The van der Waals surface area contributed by atoms with E-state index in [2.05, 4.69) is 10.3 Å². The molecule has 1 heterocycles. The maximum atomic E-state index is 13.0. The average Bonchev–Trinajstić information content (AvgIpc) is 2.61. The summed E-state index contributed by atoms with van der Waals surface area (Å²) in [5.41, 5.74) is 1.79. The van der Waals surface area contributed by atoms with E-state index in [-0.39, 0.29) is 23.5 Å². The molecule has 3 rings (SSSR count). The Labute approximate surface area is 139 Å². The fourth-order valence-corrected chi connectivity index (χ4v) is 2.53. The molecule has 0 saturated heterocycles. The van der Waals surface area contributed by atoms with E-state index in [0.29, 0.717) is 11.3 Å². The van der Waals surface area contributed by atoms with Crippen molar-refractivity contribution < 1.29 is 13.9 Å². The van der Waals surface area contributed by atoms with Crippen LogP contribution < -0.4 is 10.1 Å². The first-order valence-corrected chi connectivity index (χ1v) is 7.58. The molecule has 1 N–H and O–H groups in total. The highest BCUT2D eigenvalue weighted by atomic mass is 19.1. The van der Waals surface area contributed by atoms with Gasteiger partial charge in [-0.25, -0.2) is 9.37 Å². The van der Waals surface area contributed by atoms with E-state index >= 15 is 0 Å². The van der Waals surface area contributed by atoms with Crippen molar-refractivity contribution in [3.05, 3.63) is 71.7 Å². The number of nitrogens with one attached hydrogen (secondary N) is 1. The summed E-state index contributed by atoms with van der Waals surface area (Å²) in [5.74, 6) is -0.0192. The number of rotatable bonds is 4. The Hall–Kier alpha value is -2.95. The predicted molar refractivity (Wildman–Crippen MR) is 90.6 cm³/mol. The first-order chi connectivity index (χ1) is 11.6. The SMILES string of the molecule is COc1cc(C(=O)N[C@H](C)c2ccc(F)cc2)nc2ccccc12. The Bertz CT molecular complexity index is 878. The second-order valence-electron chi connectivity index (χ2n) is 5.47. The van der Waals surface area contributed by atoms with Crippen molar-refractivity contribution in [2.24, 2.45) is 0 Å². The summed E-state index contributed by atoms with van der Waals surface area (Å²) < 4.78 is 18.4. The molecule has 0 aliphatic heterocycles. The number of methoxy groups -OCH3 is 1. The molecule has 5 heteroatoms. The second kappa shape index (κ2) is 6.66. The standard InChI is InChI=1S/C19H17FN2O2/c1-12(13-7-9-14(20)10-8-13)21-19(23)17-11-18(24-2)15-5-3-4-6-16(15)22-17/h3-12H,1-2H3,(H,21,23)/t12-/m1/s1. The summed E-state index contributed by atoms with van der Waals surface area (Å²) >= 11 is 0. The monoisotopic (exact) mass is 324 g/mol. The van der Waals surface area contributed by atoms with Crippen LogP contribution in [0.2, 0.25) is 0 Å². The topological polar surface area (TPSA) is 51.2 Å². The van der Waals surface area contributed by atoms with Crippen molar-refractivity contribution in [2.45, 2.75) is 13.0 Å². The van der Waals surface area contributed by atoms with Gasteiger partial charge in [0.05, 0.1) is 18.7 Å². The van der Waals surface area contributed by atoms with Crippen LogP contribution in [-0.2, 0) is 0 Å². The summed E-state index contributed by atoms with van der Waals surface area (Å²) in [7, 11) is 1.56. The molecule has 0 unspecified atom stereocenters. The summed E-state index contributed by atoms with van der Waals surface area (Å²) in [6.45, 7) is 1.84. The van der Waals surface area contributed by atoms with Crippen LogP contribution in [0.15, 0.2) is 54.6 Å². The summed E-state index contributed by atoms with van der Waals surface area (Å²) in [5, 5.41) is 3.72. The van der Waals surface area contributed by atoms with Gasteiger partial charge in [0.15, 0.2) is 0 Å². The summed E-state index contributed by atoms with van der Waals surface area (Å²) in [6, 6.07) is 14.9. The minimum Gasteiger partial charge on any atom is -0.496 e. The molecule has 0 aliphatic carbocycles. The van der Waals surface area contributed by atoms with E-state index in [9.17, 15) is 9.18 Å². The highest BCUT2D eigenvalue weighted by Gasteiger charge is 2.15. The number of ether oxygens (including phenoxy) is 1.